The van der Waals surface area contributed by atoms with Gasteiger partial charge in [0, 0.05) is 21.1 Å². The van der Waals surface area contributed by atoms with Gasteiger partial charge in [0.15, 0.2) is 22.7 Å². The molecule has 0 amide bonds. The third-order valence-electron chi connectivity index (χ3n) is 4.13. The molecule has 0 saturated carbocycles. The number of imidazole rings is 1. The van der Waals surface area contributed by atoms with Crippen LogP contribution < -0.4 is 17.0 Å². The Bertz CT molecular complexity index is 1140. The molecule has 0 unspecified atom stereocenters. The number of carboxylic acid groups (broad SMARTS) is 1. The molecule has 28 heavy (non-hydrogen) atoms. The van der Waals surface area contributed by atoms with Crippen molar-refractivity contribution in [2.45, 2.75) is 12.5 Å². The fourth-order valence-corrected chi connectivity index (χ4v) is 2.51. The van der Waals surface area contributed by atoms with Crippen molar-refractivity contribution < 1.29 is 20.1 Å². The Kier molecular flexibility index (Phi) is 5.89. The van der Waals surface area contributed by atoms with Crippen LogP contribution in [0.15, 0.2) is 34.1 Å². The zero-order chi connectivity index (χ0) is 21.2. The Morgan fingerprint density at radius 2 is 1.79 bits per heavy atom. The van der Waals surface area contributed by atoms with Crippen LogP contribution in [0.1, 0.15) is 5.56 Å². The van der Waals surface area contributed by atoms with Crippen molar-refractivity contribution in [3.63, 3.8) is 0 Å². The second kappa shape index (κ2) is 7.96. The van der Waals surface area contributed by atoms with Gasteiger partial charge in [-0.3, -0.25) is 18.7 Å². The first-order chi connectivity index (χ1) is 13.0. The number of aliphatic carboxylic acids is 1. The van der Waals surface area contributed by atoms with Crippen molar-refractivity contribution in [3.05, 3.63) is 50.9 Å². The van der Waals surface area contributed by atoms with Crippen LogP contribution in [0.25, 0.3) is 11.2 Å². The number of hydrogen-bond acceptors (Lipinski definition) is 7. The molecule has 0 aliphatic carbocycles. The topological polar surface area (TPSA) is 166 Å². The number of phenolic OH excluding ortho intramolecular Hbond substituents is 2. The monoisotopic (exact) mass is 391 g/mol. The van der Waals surface area contributed by atoms with E-state index in [0.717, 1.165) is 4.57 Å². The van der Waals surface area contributed by atoms with Crippen LogP contribution in [-0.4, -0.2) is 46.0 Å². The van der Waals surface area contributed by atoms with E-state index in [-0.39, 0.29) is 29.2 Å². The second-order valence-electron chi connectivity index (χ2n) is 6.21. The van der Waals surface area contributed by atoms with Gasteiger partial charge in [0.2, 0.25) is 0 Å². The van der Waals surface area contributed by atoms with Crippen molar-refractivity contribution >= 4 is 17.1 Å². The molecular formula is C17H21N5O6. The molecule has 3 rings (SSSR count). The Morgan fingerprint density at radius 1 is 1.14 bits per heavy atom. The zero-order valence-corrected chi connectivity index (χ0v) is 15.5. The number of nitrogens with zero attached hydrogens (tertiary/aromatic N) is 4. The summed E-state index contributed by atoms with van der Waals surface area (Å²) in [6.45, 7) is 0. The molecule has 11 nitrogen and oxygen atoms in total. The predicted molar refractivity (Wildman–Crippen MR) is 100 cm³/mol. The highest BCUT2D eigenvalue weighted by atomic mass is 16.4. The van der Waals surface area contributed by atoms with Gasteiger partial charge in [-0.25, -0.2) is 9.78 Å². The number of carbonyl (C=O) groups is 1. The summed E-state index contributed by atoms with van der Waals surface area (Å²) < 4.78 is 4.04. The summed E-state index contributed by atoms with van der Waals surface area (Å²) in [7, 11) is 4.77. The second-order valence-corrected chi connectivity index (χ2v) is 6.21. The molecule has 0 aliphatic rings. The lowest BCUT2D eigenvalue weighted by Crippen LogP contribution is -2.37. The van der Waals surface area contributed by atoms with Crippen LogP contribution in [0, 0.1) is 0 Å². The van der Waals surface area contributed by atoms with Gasteiger partial charge >= 0.3 is 11.7 Å². The van der Waals surface area contributed by atoms with Crippen LogP contribution in [0.2, 0.25) is 0 Å². The van der Waals surface area contributed by atoms with E-state index in [1.54, 1.807) is 18.7 Å². The first kappa shape index (κ1) is 20.7. The number of hydrogen-bond donors (Lipinski definition) is 4. The molecule has 1 aromatic carbocycles. The number of benzene rings is 1. The molecule has 5 N–H and O–H groups in total. The van der Waals surface area contributed by atoms with Gasteiger partial charge in [-0.15, -0.1) is 0 Å². The van der Waals surface area contributed by atoms with E-state index in [9.17, 15) is 14.4 Å². The maximum Gasteiger partial charge on any atom is 0.332 e. The van der Waals surface area contributed by atoms with Crippen molar-refractivity contribution in [2.75, 3.05) is 0 Å². The molecular weight excluding hydrogens is 370 g/mol. The summed E-state index contributed by atoms with van der Waals surface area (Å²) in [6, 6.07) is 3.09. The number of nitrogens with two attached hydrogens (primary N) is 1. The number of carboxylic acids is 1. The van der Waals surface area contributed by atoms with Gasteiger partial charge in [0.05, 0.1) is 6.33 Å². The molecule has 2 aromatic heterocycles. The van der Waals surface area contributed by atoms with Crippen LogP contribution >= 0.6 is 0 Å². The van der Waals surface area contributed by atoms with Gasteiger partial charge in [0.1, 0.15) is 6.04 Å². The van der Waals surface area contributed by atoms with E-state index in [0.29, 0.717) is 16.7 Å². The number of aryl methyl sites for hydroxylation is 2. The lowest BCUT2D eigenvalue weighted by molar-refractivity contribution is -0.138. The average molecular weight is 391 g/mol. The number of aromatic hydroxyl groups is 2. The molecule has 150 valence electrons. The zero-order valence-electron chi connectivity index (χ0n) is 15.5. The maximum atomic E-state index is 11.7. The van der Waals surface area contributed by atoms with E-state index in [2.05, 4.69) is 4.98 Å². The molecule has 0 aliphatic heterocycles. The smallest absolute Gasteiger partial charge is 0.332 e. The van der Waals surface area contributed by atoms with Crippen LogP contribution in [-0.2, 0) is 32.4 Å². The minimum atomic E-state index is -1.10. The molecule has 0 bridgehead atoms. The Morgan fingerprint density at radius 3 is 2.36 bits per heavy atom. The van der Waals surface area contributed by atoms with Crippen LogP contribution in [0.4, 0.5) is 0 Å². The quantitative estimate of drug-likeness (QED) is 0.414. The lowest BCUT2D eigenvalue weighted by atomic mass is 10.1. The third-order valence-corrected chi connectivity index (χ3v) is 4.13. The molecule has 0 saturated heterocycles. The Labute approximate surface area is 158 Å². The van der Waals surface area contributed by atoms with Gasteiger partial charge in [-0.2, -0.15) is 0 Å². The fourth-order valence-electron chi connectivity index (χ4n) is 2.51. The summed E-state index contributed by atoms with van der Waals surface area (Å²) in [5.41, 5.74) is 6.04. The van der Waals surface area contributed by atoms with E-state index in [1.165, 1.54) is 36.1 Å². The summed E-state index contributed by atoms with van der Waals surface area (Å²) >= 11 is 0. The minimum Gasteiger partial charge on any atom is -0.504 e. The molecule has 3 aromatic rings. The van der Waals surface area contributed by atoms with E-state index >= 15 is 0 Å². The maximum absolute atomic E-state index is 11.7. The highest BCUT2D eigenvalue weighted by Gasteiger charge is 2.13. The summed E-state index contributed by atoms with van der Waals surface area (Å²) in [6.07, 6.45) is 1.63. The van der Waals surface area contributed by atoms with Crippen molar-refractivity contribution in [1.29, 1.82) is 0 Å². The minimum absolute atomic E-state index is 0.114. The number of fused-ring (bicyclic) bond motifs is 1. The Balaban J connectivity index is 0.000000200. The average Bonchev–Trinajstić information content (AvgIpc) is 3.03. The van der Waals surface area contributed by atoms with Crippen LogP contribution in [0.3, 0.4) is 0 Å². The molecule has 11 heteroatoms. The van der Waals surface area contributed by atoms with E-state index in [1.807, 2.05) is 0 Å². The highest BCUT2D eigenvalue weighted by Crippen LogP contribution is 2.25. The predicted octanol–water partition coefficient (Wildman–Crippen LogP) is -0.977. The number of phenols is 2. The van der Waals surface area contributed by atoms with E-state index < -0.39 is 12.0 Å². The number of rotatable bonds is 3. The molecule has 0 fully saturated rings. The number of aromatic nitrogens is 4. The summed E-state index contributed by atoms with van der Waals surface area (Å²) in [5, 5.41) is 26.6. The van der Waals surface area contributed by atoms with Gasteiger partial charge in [-0.1, -0.05) is 6.07 Å². The highest BCUT2D eigenvalue weighted by molar-refractivity contribution is 5.73. The van der Waals surface area contributed by atoms with Gasteiger partial charge < -0.3 is 25.6 Å². The van der Waals surface area contributed by atoms with Crippen LogP contribution in [0.5, 0.6) is 11.5 Å². The van der Waals surface area contributed by atoms with Gasteiger partial charge in [-0.05, 0) is 24.1 Å². The van der Waals surface area contributed by atoms with Gasteiger partial charge in [0.25, 0.3) is 5.56 Å². The lowest BCUT2D eigenvalue weighted by Gasteiger charge is -2.06. The first-order valence-electron chi connectivity index (χ1n) is 8.10. The normalized spacial score (nSPS) is 11.7. The molecule has 2 heterocycles. The Hall–Kier alpha value is -3.60. The SMILES string of the molecule is Cn1c(=O)c2c(ncn2C)n(C)c1=O.N[C@@H](Cc1ccc(O)c(O)c1)C(=O)O. The fraction of sp³-hybridized carbons (Fsp3) is 0.294. The van der Waals surface area contributed by atoms with Crippen molar-refractivity contribution in [2.24, 2.45) is 26.9 Å². The standard InChI is InChI=1S/C9H11NO4.C8H10N4O2/c10-6(9(13)14)3-5-1-2-7(11)8(12)4-5;1-10-4-9-6-5(10)7(13)12(3)8(14)11(6)2/h1-2,4,6,11-12H,3,10H2,(H,13,14);4H,1-3H3/t6-;/m0./s1. The molecule has 0 spiro atoms. The third kappa shape index (κ3) is 4.04. The van der Waals surface area contributed by atoms with E-state index in [4.69, 9.17) is 21.1 Å². The van der Waals surface area contributed by atoms with Crippen molar-refractivity contribution in [3.8, 4) is 11.5 Å². The summed E-state index contributed by atoms with van der Waals surface area (Å²) in [4.78, 5) is 37.6. The molecule has 1 atom stereocenters. The summed E-state index contributed by atoms with van der Waals surface area (Å²) in [5.74, 6) is -1.62. The molecule has 0 radical (unpaired) electrons. The largest absolute Gasteiger partial charge is 0.504 e. The first-order valence-corrected chi connectivity index (χ1v) is 8.10. The van der Waals surface area contributed by atoms with Crippen molar-refractivity contribution in [1.82, 2.24) is 18.7 Å².